The van der Waals surface area contributed by atoms with Crippen molar-refractivity contribution in [1.29, 1.82) is 0 Å². The van der Waals surface area contributed by atoms with Crippen molar-refractivity contribution in [2.45, 2.75) is 90.1 Å². The number of hydrogen-bond acceptors (Lipinski definition) is 4. The van der Waals surface area contributed by atoms with Gasteiger partial charge in [-0.05, 0) is 173 Å². The van der Waals surface area contributed by atoms with Gasteiger partial charge in [0.2, 0.25) is 11.4 Å². The van der Waals surface area contributed by atoms with E-state index in [1.807, 2.05) is 11.3 Å². The molecule has 0 amide bonds. The minimum Gasteiger partial charge on any atom is -0.338 e. The minimum atomic E-state index is 0.546. The van der Waals surface area contributed by atoms with Crippen LogP contribution in [0.25, 0.3) is 16.8 Å². The molecule has 1 heterocycles. The van der Waals surface area contributed by atoms with Crippen LogP contribution in [0.3, 0.4) is 0 Å². The molecule has 8 saturated carbocycles. The minimum absolute atomic E-state index is 0.546. The smallest absolute Gasteiger partial charge is 0.205 e. The van der Waals surface area contributed by atoms with E-state index >= 15 is 0 Å². The van der Waals surface area contributed by atoms with E-state index in [0.717, 1.165) is 70.3 Å². The molecule has 9 aliphatic rings. The van der Waals surface area contributed by atoms with Crippen molar-refractivity contribution in [1.82, 2.24) is 4.98 Å². The summed E-state index contributed by atoms with van der Waals surface area (Å²) in [7, 11) is 0. The Kier molecular flexibility index (Phi) is 11.0. The van der Waals surface area contributed by atoms with Crippen LogP contribution >= 0.6 is 11.3 Å². The van der Waals surface area contributed by atoms with E-state index in [2.05, 4.69) is 192 Å². The molecule has 68 heavy (non-hydrogen) atoms. The Morgan fingerprint density at radius 2 is 1.10 bits per heavy atom. The highest BCUT2D eigenvalue weighted by atomic mass is 32.1. The van der Waals surface area contributed by atoms with Crippen LogP contribution in [0.5, 0.6) is 0 Å². The van der Waals surface area contributed by atoms with Gasteiger partial charge < -0.3 is 9.80 Å². The van der Waals surface area contributed by atoms with Gasteiger partial charge >= 0.3 is 0 Å². The van der Waals surface area contributed by atoms with E-state index in [4.69, 9.17) is 4.98 Å². The first-order valence-corrected chi connectivity index (χ1v) is 27.0. The highest BCUT2D eigenvalue weighted by molar-refractivity contribution is 7.17. The number of thiazole rings is 1. The summed E-state index contributed by atoms with van der Waals surface area (Å²) in [5.41, 5.74) is 13.6. The normalized spacial score (nSPS) is 28.3. The van der Waals surface area contributed by atoms with Crippen LogP contribution in [0.15, 0.2) is 169 Å². The molecule has 1 aromatic heterocycles. The lowest BCUT2D eigenvalue weighted by Gasteiger charge is -2.57. The van der Waals surface area contributed by atoms with Crippen molar-refractivity contribution < 1.29 is 4.58 Å². The van der Waals surface area contributed by atoms with Crippen molar-refractivity contribution in [3.05, 3.63) is 185 Å². The molecule has 0 radical (unpaired) electrons. The molecule has 342 valence electrons. The summed E-state index contributed by atoms with van der Waals surface area (Å²) < 4.78 is 2.76. The average Bonchev–Trinajstić information content (AvgIpc) is 3.80. The summed E-state index contributed by atoms with van der Waals surface area (Å²) in [6.45, 7) is 5.29. The van der Waals surface area contributed by atoms with Crippen molar-refractivity contribution in [3.8, 4) is 11.3 Å². The molecule has 0 spiro atoms. The molecule has 8 bridgehead atoms. The second-order valence-corrected chi connectivity index (χ2v) is 22.8. The highest BCUT2D eigenvalue weighted by Crippen LogP contribution is 2.58. The molecule has 15 rings (SSSR count). The van der Waals surface area contributed by atoms with E-state index in [1.165, 1.54) is 120 Å². The van der Waals surface area contributed by atoms with E-state index < -0.39 is 0 Å². The second-order valence-electron chi connectivity index (χ2n) is 21.8. The zero-order valence-electron chi connectivity index (χ0n) is 39.8. The molecule has 5 aromatic carbocycles. The third-order valence-corrected chi connectivity index (χ3v) is 18.8. The molecule has 5 heteroatoms. The van der Waals surface area contributed by atoms with Gasteiger partial charge in [0.15, 0.2) is 11.2 Å². The maximum absolute atomic E-state index is 5.63. The van der Waals surface area contributed by atoms with Gasteiger partial charge in [-0.2, -0.15) is 4.58 Å². The number of aromatic nitrogens is 1. The lowest BCUT2D eigenvalue weighted by atomic mass is 9.53. The Labute approximate surface area is 408 Å². The van der Waals surface area contributed by atoms with Gasteiger partial charge in [0.25, 0.3) is 0 Å². The fourth-order valence-corrected chi connectivity index (χ4v) is 16.7. The van der Waals surface area contributed by atoms with Gasteiger partial charge in [0.05, 0.1) is 10.6 Å². The maximum atomic E-state index is 5.63. The summed E-state index contributed by atoms with van der Waals surface area (Å²) in [6.07, 6.45) is 23.8. The number of nitrogens with zero attached hydrogens (tertiary/aromatic N) is 4. The fraction of sp³-hybridized carbons (Fsp3) is 0.365. The van der Waals surface area contributed by atoms with Gasteiger partial charge in [0.1, 0.15) is 0 Å². The van der Waals surface area contributed by atoms with Crippen LogP contribution in [0.1, 0.15) is 87.1 Å². The topological polar surface area (TPSA) is 22.4 Å². The van der Waals surface area contributed by atoms with Crippen molar-refractivity contribution in [2.24, 2.45) is 47.3 Å². The first-order chi connectivity index (χ1) is 33.5. The summed E-state index contributed by atoms with van der Waals surface area (Å²) >= 11 is 1.84. The molecule has 0 aliphatic heterocycles. The van der Waals surface area contributed by atoms with Gasteiger partial charge in [0, 0.05) is 76.9 Å². The number of allylic oxidation sites excluding steroid dienone is 5. The van der Waals surface area contributed by atoms with Crippen LogP contribution in [0.4, 0.5) is 27.9 Å². The Bertz CT molecular complexity index is 2850. The Morgan fingerprint density at radius 1 is 0.574 bits per heavy atom. The zero-order chi connectivity index (χ0) is 45.3. The lowest BCUT2D eigenvalue weighted by Crippen LogP contribution is -2.54. The van der Waals surface area contributed by atoms with Crippen LogP contribution in [0, 0.1) is 54.3 Å². The van der Waals surface area contributed by atoms with E-state index in [9.17, 15) is 0 Å². The van der Waals surface area contributed by atoms with E-state index in [-0.39, 0.29) is 0 Å². The average molecular weight is 910 g/mol. The van der Waals surface area contributed by atoms with Gasteiger partial charge in [-0.25, -0.2) is 4.98 Å². The zero-order valence-corrected chi connectivity index (χ0v) is 40.7. The predicted molar refractivity (Wildman–Crippen MR) is 284 cm³/mol. The van der Waals surface area contributed by atoms with Crippen LogP contribution < -0.4 is 9.80 Å². The second kappa shape index (κ2) is 17.6. The van der Waals surface area contributed by atoms with Gasteiger partial charge in [-0.1, -0.05) is 108 Å². The number of para-hydroxylation sites is 3. The van der Waals surface area contributed by atoms with Crippen molar-refractivity contribution >= 4 is 50.5 Å². The Hall–Kier alpha value is -5.78. The standard InChI is InChI=1S/C63H65N4S/c1-3-65(57-22-14-13-15-41(57)2)63-64-59(48-16-7-4-8-17-48)62(68-63)58(46-23-27-55(28-24-46)66(53-18-9-5-10-19-53)60-49-33-42-31-43(35-49)36-50(60)34-42)47-25-29-56(30-26-47)67(54-20-11-6-12-21-54)61-51-37-44-32-45(39-51)40-52(61)38-44/h4-30,42-45,49-52,60-61H,3,31-40H2,1-2H3/q+1. The first kappa shape index (κ1) is 42.3. The summed E-state index contributed by atoms with van der Waals surface area (Å²) in [4.78, 5) is 12.0. The fourth-order valence-electron chi connectivity index (χ4n) is 15.5. The molecular weight excluding hydrogens is 845 g/mol. The number of benzene rings is 5. The van der Waals surface area contributed by atoms with E-state index in [1.54, 1.807) is 0 Å². The lowest BCUT2D eigenvalue weighted by molar-refractivity contribution is -0.518. The molecular formula is C63H65N4S+. The Balaban J connectivity index is 0.968. The number of rotatable bonds is 11. The monoisotopic (exact) mass is 909 g/mol. The summed E-state index contributed by atoms with van der Waals surface area (Å²) in [5, 5.41) is 1.02. The molecule has 0 unspecified atom stereocenters. The molecule has 4 nitrogen and oxygen atoms in total. The van der Waals surface area contributed by atoms with E-state index in [0.29, 0.717) is 12.1 Å². The molecule has 0 N–H and O–H groups in total. The SMILES string of the molecule is CCN(c1nc(-c2ccccc2)c(C(=C2C=CC(=[N+](c3ccccc3)C3C4CC5CC(C4)CC3C5)C=C2)c2ccc(N(c3ccccc3)C3C4CC5CC(C4)CC3C5)cc2)s1)c1ccccc1C. The third-order valence-electron chi connectivity index (χ3n) is 17.7. The summed E-state index contributed by atoms with van der Waals surface area (Å²) in [5.74, 6) is 6.79. The van der Waals surface area contributed by atoms with Crippen LogP contribution in [-0.2, 0) is 0 Å². The molecule has 0 atom stereocenters. The van der Waals surface area contributed by atoms with Gasteiger partial charge in [-0.15, -0.1) is 0 Å². The highest BCUT2D eigenvalue weighted by Gasteiger charge is 2.54. The number of hydrogen-bond donors (Lipinski definition) is 0. The molecule has 8 fully saturated rings. The number of anilines is 4. The van der Waals surface area contributed by atoms with Crippen LogP contribution in [-0.4, -0.2) is 33.9 Å². The predicted octanol–water partition coefficient (Wildman–Crippen LogP) is 15.8. The van der Waals surface area contributed by atoms with Crippen LogP contribution in [0.2, 0.25) is 0 Å². The quantitative estimate of drug-likeness (QED) is 0.121. The van der Waals surface area contributed by atoms with Gasteiger partial charge in [-0.3, -0.25) is 0 Å². The number of aryl methyl sites for hydroxylation is 1. The third kappa shape index (κ3) is 7.55. The largest absolute Gasteiger partial charge is 0.338 e. The first-order valence-electron chi connectivity index (χ1n) is 26.2. The molecule has 9 aliphatic carbocycles. The molecule has 0 saturated heterocycles. The maximum Gasteiger partial charge on any atom is 0.205 e. The Morgan fingerprint density at radius 3 is 1.69 bits per heavy atom. The van der Waals surface area contributed by atoms with Crippen molar-refractivity contribution in [3.63, 3.8) is 0 Å². The van der Waals surface area contributed by atoms with Crippen molar-refractivity contribution in [2.75, 3.05) is 16.3 Å². The molecule has 6 aromatic rings. The summed E-state index contributed by atoms with van der Waals surface area (Å²) in [6, 6.07) is 53.2.